The summed E-state index contributed by atoms with van der Waals surface area (Å²) in [6.45, 7) is 1.21. The summed E-state index contributed by atoms with van der Waals surface area (Å²) >= 11 is 0. The molecule has 0 unspecified atom stereocenters. The quantitative estimate of drug-likeness (QED) is 0.608. The van der Waals surface area contributed by atoms with Crippen LogP contribution >= 0.6 is 0 Å². The maximum atomic E-state index is 12.2. The zero-order chi connectivity index (χ0) is 20.6. The first-order valence-electron chi connectivity index (χ1n) is 9.27. The normalized spacial score (nSPS) is 10.4. The molecule has 2 N–H and O–H groups in total. The smallest absolute Gasteiger partial charge is 0.325 e. The van der Waals surface area contributed by atoms with Crippen molar-refractivity contribution in [1.29, 1.82) is 0 Å². The number of fused-ring (bicyclic) bond motifs is 1. The van der Waals surface area contributed by atoms with E-state index >= 15 is 0 Å². The van der Waals surface area contributed by atoms with Gasteiger partial charge in [-0.2, -0.15) is 0 Å². The summed E-state index contributed by atoms with van der Waals surface area (Å²) in [6.07, 6.45) is 0.155. The molecule has 0 aromatic heterocycles. The second-order valence-electron chi connectivity index (χ2n) is 6.67. The van der Waals surface area contributed by atoms with Crippen LogP contribution in [0.15, 0.2) is 66.7 Å². The molecular weight excluding hydrogens is 368 g/mol. The highest BCUT2D eigenvalue weighted by Crippen LogP contribution is 2.18. The van der Waals surface area contributed by atoms with Crippen LogP contribution in [0.3, 0.4) is 0 Å². The van der Waals surface area contributed by atoms with Gasteiger partial charge in [-0.15, -0.1) is 0 Å². The number of carbonyl (C=O) groups is 3. The predicted molar refractivity (Wildman–Crippen MR) is 111 cm³/mol. The number of ether oxygens (including phenoxy) is 1. The van der Waals surface area contributed by atoms with Crippen molar-refractivity contribution in [3.63, 3.8) is 0 Å². The molecule has 6 nitrogen and oxygen atoms in total. The average Bonchev–Trinajstić information content (AvgIpc) is 2.71. The van der Waals surface area contributed by atoms with Crippen LogP contribution in [-0.4, -0.2) is 30.9 Å². The highest BCUT2D eigenvalue weighted by molar-refractivity contribution is 5.94. The molecule has 148 valence electrons. The SMILES string of the molecule is Cc1cccc(NC(=O)COC(=O)CNC(=O)Cc2cccc3ccccc23)c1. The van der Waals surface area contributed by atoms with E-state index in [2.05, 4.69) is 10.6 Å². The van der Waals surface area contributed by atoms with Crippen LogP contribution in [0.4, 0.5) is 5.69 Å². The molecule has 0 saturated heterocycles. The van der Waals surface area contributed by atoms with Gasteiger partial charge in [-0.3, -0.25) is 14.4 Å². The minimum Gasteiger partial charge on any atom is -0.454 e. The molecule has 0 heterocycles. The van der Waals surface area contributed by atoms with Gasteiger partial charge in [0.25, 0.3) is 5.91 Å². The lowest BCUT2D eigenvalue weighted by Crippen LogP contribution is -2.33. The van der Waals surface area contributed by atoms with E-state index < -0.39 is 18.5 Å². The molecule has 3 rings (SSSR count). The molecular formula is C23H22N2O4. The highest BCUT2D eigenvalue weighted by Gasteiger charge is 2.11. The van der Waals surface area contributed by atoms with E-state index in [4.69, 9.17) is 4.74 Å². The van der Waals surface area contributed by atoms with Crippen molar-refractivity contribution in [2.75, 3.05) is 18.5 Å². The molecule has 0 spiro atoms. The molecule has 0 radical (unpaired) electrons. The summed E-state index contributed by atoms with van der Waals surface area (Å²) in [5.41, 5.74) is 2.52. The number of rotatable bonds is 7. The molecule has 0 aliphatic rings. The second kappa shape index (κ2) is 9.50. The number of anilines is 1. The first-order chi connectivity index (χ1) is 14.0. The van der Waals surface area contributed by atoms with E-state index in [-0.39, 0.29) is 18.9 Å². The number of benzene rings is 3. The number of hydrogen-bond donors (Lipinski definition) is 2. The van der Waals surface area contributed by atoms with Crippen LogP contribution < -0.4 is 10.6 Å². The number of nitrogens with one attached hydrogen (secondary N) is 2. The molecule has 0 saturated carbocycles. The summed E-state index contributed by atoms with van der Waals surface area (Å²) < 4.78 is 4.91. The summed E-state index contributed by atoms with van der Waals surface area (Å²) in [6, 6.07) is 20.9. The van der Waals surface area contributed by atoms with Gasteiger partial charge in [-0.25, -0.2) is 0 Å². The average molecular weight is 390 g/mol. The van der Waals surface area contributed by atoms with Gasteiger partial charge in [0.15, 0.2) is 6.61 Å². The number of esters is 1. The zero-order valence-corrected chi connectivity index (χ0v) is 16.1. The standard InChI is InChI=1S/C23H22N2O4/c1-16-6-4-10-19(12-16)25-22(27)15-29-23(28)14-24-21(26)13-18-9-5-8-17-7-2-3-11-20(17)18/h2-12H,13-15H2,1H3,(H,24,26)(H,25,27). The Kier molecular flexibility index (Phi) is 6.58. The molecule has 2 amide bonds. The van der Waals surface area contributed by atoms with E-state index in [0.717, 1.165) is 21.9 Å². The van der Waals surface area contributed by atoms with E-state index in [1.807, 2.05) is 67.6 Å². The van der Waals surface area contributed by atoms with Crippen molar-refractivity contribution in [3.05, 3.63) is 77.9 Å². The molecule has 3 aromatic rings. The zero-order valence-electron chi connectivity index (χ0n) is 16.1. The third-order valence-electron chi connectivity index (χ3n) is 4.33. The summed E-state index contributed by atoms with van der Waals surface area (Å²) in [4.78, 5) is 35.8. The van der Waals surface area contributed by atoms with Crippen molar-refractivity contribution in [1.82, 2.24) is 5.32 Å². The first kappa shape index (κ1) is 20.1. The lowest BCUT2D eigenvalue weighted by Gasteiger charge is -2.09. The van der Waals surface area contributed by atoms with Gasteiger partial charge in [0.2, 0.25) is 5.91 Å². The van der Waals surface area contributed by atoms with Crippen LogP contribution in [0.2, 0.25) is 0 Å². The van der Waals surface area contributed by atoms with Crippen LogP contribution in [0.5, 0.6) is 0 Å². The number of carbonyl (C=O) groups excluding carboxylic acids is 3. The number of hydrogen-bond acceptors (Lipinski definition) is 4. The third kappa shape index (κ3) is 5.90. The van der Waals surface area contributed by atoms with Crippen LogP contribution in [0.25, 0.3) is 10.8 Å². The van der Waals surface area contributed by atoms with Crippen molar-refractivity contribution in [3.8, 4) is 0 Å². The maximum absolute atomic E-state index is 12.2. The molecule has 0 fully saturated rings. The van der Waals surface area contributed by atoms with Crippen LogP contribution in [-0.2, 0) is 25.5 Å². The van der Waals surface area contributed by atoms with Gasteiger partial charge >= 0.3 is 5.97 Å². The van der Waals surface area contributed by atoms with E-state index in [0.29, 0.717) is 5.69 Å². The lowest BCUT2D eigenvalue weighted by atomic mass is 10.0. The van der Waals surface area contributed by atoms with Crippen molar-refractivity contribution < 1.29 is 19.1 Å². The Balaban J connectivity index is 1.43. The largest absolute Gasteiger partial charge is 0.454 e. The van der Waals surface area contributed by atoms with Gasteiger partial charge in [-0.05, 0) is 41.0 Å². The predicted octanol–water partition coefficient (Wildman–Crippen LogP) is 2.99. The van der Waals surface area contributed by atoms with Crippen molar-refractivity contribution in [2.24, 2.45) is 0 Å². The van der Waals surface area contributed by atoms with Crippen molar-refractivity contribution in [2.45, 2.75) is 13.3 Å². The number of aryl methyl sites for hydroxylation is 1. The Morgan fingerprint density at radius 2 is 1.66 bits per heavy atom. The van der Waals surface area contributed by atoms with Gasteiger partial charge in [0, 0.05) is 5.69 Å². The van der Waals surface area contributed by atoms with Gasteiger partial charge in [0.1, 0.15) is 6.54 Å². The Labute approximate surface area is 168 Å². The maximum Gasteiger partial charge on any atom is 0.325 e. The van der Waals surface area contributed by atoms with Crippen molar-refractivity contribution >= 4 is 34.2 Å². The summed E-state index contributed by atoms with van der Waals surface area (Å²) in [5.74, 6) is -1.40. The molecule has 3 aromatic carbocycles. The van der Waals surface area contributed by atoms with Gasteiger partial charge in [-0.1, -0.05) is 54.6 Å². The first-order valence-corrected chi connectivity index (χ1v) is 9.27. The van der Waals surface area contributed by atoms with E-state index in [1.165, 1.54) is 0 Å². The topological polar surface area (TPSA) is 84.5 Å². The number of amides is 2. The monoisotopic (exact) mass is 390 g/mol. The van der Waals surface area contributed by atoms with Crippen LogP contribution in [0.1, 0.15) is 11.1 Å². The van der Waals surface area contributed by atoms with E-state index in [9.17, 15) is 14.4 Å². The fourth-order valence-corrected chi connectivity index (χ4v) is 2.97. The molecule has 0 bridgehead atoms. The summed E-state index contributed by atoms with van der Waals surface area (Å²) in [5, 5.41) is 7.23. The van der Waals surface area contributed by atoms with Gasteiger partial charge in [0.05, 0.1) is 6.42 Å². The fourth-order valence-electron chi connectivity index (χ4n) is 2.97. The fraction of sp³-hybridized carbons (Fsp3) is 0.174. The highest BCUT2D eigenvalue weighted by atomic mass is 16.5. The minimum atomic E-state index is -0.671. The molecule has 6 heteroatoms. The molecule has 0 aliphatic heterocycles. The Hall–Kier alpha value is -3.67. The lowest BCUT2D eigenvalue weighted by molar-refractivity contribution is -0.147. The molecule has 0 aliphatic carbocycles. The van der Waals surface area contributed by atoms with Gasteiger partial charge < -0.3 is 15.4 Å². The Morgan fingerprint density at radius 1 is 0.897 bits per heavy atom. The second-order valence-corrected chi connectivity index (χ2v) is 6.67. The Bertz CT molecular complexity index is 1040. The minimum absolute atomic E-state index is 0.155. The van der Waals surface area contributed by atoms with Crippen LogP contribution in [0, 0.1) is 6.92 Å². The molecule has 0 atom stereocenters. The Morgan fingerprint density at radius 3 is 2.48 bits per heavy atom. The molecule has 29 heavy (non-hydrogen) atoms. The summed E-state index contributed by atoms with van der Waals surface area (Å²) in [7, 11) is 0. The third-order valence-corrected chi connectivity index (χ3v) is 4.33. The van der Waals surface area contributed by atoms with E-state index in [1.54, 1.807) is 6.07 Å².